The lowest BCUT2D eigenvalue weighted by Gasteiger charge is -2.26. The fourth-order valence-corrected chi connectivity index (χ4v) is 1.66. The smallest absolute Gasteiger partial charge is 0.255 e. The normalized spacial score (nSPS) is 41.2. The van der Waals surface area contributed by atoms with Gasteiger partial charge in [0.05, 0.1) is 0 Å². The second-order valence-corrected chi connectivity index (χ2v) is 4.18. The van der Waals surface area contributed by atoms with Crippen LogP contribution in [0.1, 0.15) is 0 Å². The molecule has 1 fully saturated rings. The van der Waals surface area contributed by atoms with Gasteiger partial charge in [0, 0.05) is 0 Å². The maximum absolute atomic E-state index is 13.0. The minimum atomic E-state index is -5.41. The van der Waals surface area contributed by atoms with Gasteiger partial charge in [0.1, 0.15) is 0 Å². The number of likely N-dealkylation sites (tertiary alicyclic amines) is 1. The zero-order valence-electron chi connectivity index (χ0n) is 6.76. The minimum Gasteiger partial charge on any atom is -0.255 e. The van der Waals surface area contributed by atoms with E-state index < -0.39 is 32.6 Å². The summed E-state index contributed by atoms with van der Waals surface area (Å²) in [5, 5.41) is -12.5. The lowest BCUT2D eigenvalue weighted by atomic mass is 10.2. The molecular weight excluding hydrogens is 310 g/mol. The number of rotatable bonds is 0. The summed E-state index contributed by atoms with van der Waals surface area (Å²) in [4.78, 5) is 8.49. The van der Waals surface area contributed by atoms with Crippen molar-refractivity contribution in [3.63, 3.8) is 0 Å². The van der Waals surface area contributed by atoms with Crippen LogP contribution >= 0.6 is 34.8 Å². The highest BCUT2D eigenvalue weighted by atomic mass is 35.5. The van der Waals surface area contributed by atoms with Gasteiger partial charge in [-0.2, -0.15) is 22.5 Å². The molecule has 0 saturated carbocycles. The first-order chi connectivity index (χ1) is 6.82. The van der Waals surface area contributed by atoms with Crippen LogP contribution in [0, 0.1) is 0 Å². The molecule has 2 atom stereocenters. The molecule has 16 heavy (non-hydrogen) atoms. The van der Waals surface area contributed by atoms with Gasteiger partial charge in [-0.05, 0) is 11.6 Å². The molecule has 0 N–H and O–H groups in total. The molecule has 0 aromatic heterocycles. The zero-order valence-corrected chi connectivity index (χ0v) is 9.02. The van der Waals surface area contributed by atoms with Crippen molar-refractivity contribution in [2.45, 2.75) is 22.3 Å². The fraction of sp³-hybridized carbons (Fsp3) is 0.800. The third-order valence-electron chi connectivity index (χ3n) is 1.89. The van der Waals surface area contributed by atoms with E-state index in [0.29, 0.717) is 0 Å². The van der Waals surface area contributed by atoms with Crippen molar-refractivity contribution >= 4 is 40.2 Å². The summed E-state index contributed by atoms with van der Waals surface area (Å²) in [6.07, 6.45) is 0. The van der Waals surface area contributed by atoms with Crippen molar-refractivity contribution in [2.24, 2.45) is 0 Å². The van der Waals surface area contributed by atoms with E-state index in [0.717, 1.165) is 0 Å². The van der Waals surface area contributed by atoms with Gasteiger partial charge >= 0.3 is 27.7 Å². The van der Waals surface area contributed by atoms with Gasteiger partial charge < -0.3 is 0 Å². The molecule has 1 saturated heterocycles. The minimum absolute atomic E-state index is 1.85. The number of nitrogens with zero attached hydrogens (tertiary/aromatic N) is 1. The van der Waals surface area contributed by atoms with Crippen molar-refractivity contribution in [2.75, 3.05) is 0 Å². The van der Waals surface area contributed by atoms with E-state index in [2.05, 4.69) is 34.8 Å². The van der Waals surface area contributed by atoms with E-state index in [1.165, 1.54) is 0 Å². The lowest BCUT2D eigenvalue weighted by molar-refractivity contribution is -0.212. The van der Waals surface area contributed by atoms with Crippen molar-refractivity contribution in [1.82, 2.24) is 4.90 Å². The van der Waals surface area contributed by atoms with E-state index in [4.69, 9.17) is 0 Å². The first-order valence-electron chi connectivity index (χ1n) is 3.33. The number of amides is 1. The van der Waals surface area contributed by atoms with E-state index in [-0.39, 0.29) is 0 Å². The second kappa shape index (κ2) is 3.23. The van der Waals surface area contributed by atoms with Crippen molar-refractivity contribution in [3.8, 4) is 0 Å². The van der Waals surface area contributed by atoms with E-state index in [9.17, 15) is 31.1 Å². The Labute approximate surface area is 99.0 Å². The molecule has 2 unspecified atom stereocenters. The molecule has 2 nitrogen and oxygen atoms in total. The largest absolute Gasteiger partial charge is 0.386 e. The maximum atomic E-state index is 13.0. The van der Waals surface area contributed by atoms with Crippen LogP contribution < -0.4 is 0 Å². The van der Waals surface area contributed by atoms with Crippen molar-refractivity contribution < 1.29 is 31.1 Å². The van der Waals surface area contributed by atoms with Crippen LogP contribution in [-0.4, -0.2) is 32.6 Å². The Bertz CT molecular complexity index is 319. The number of halogens is 9. The van der Waals surface area contributed by atoms with Gasteiger partial charge in [-0.1, -0.05) is 23.2 Å². The summed E-state index contributed by atoms with van der Waals surface area (Å²) in [5.74, 6) is 0. The molecular formula is C5Cl3F6NO. The lowest BCUT2D eigenvalue weighted by Crippen LogP contribution is -2.50. The van der Waals surface area contributed by atoms with E-state index >= 15 is 0 Å². The monoisotopic (exact) mass is 309 g/mol. The predicted octanol–water partition coefficient (Wildman–Crippen LogP) is 3.66. The SMILES string of the molecule is O=C(Cl)N1C(F)(F)C(F)(Cl)C(F)(Cl)C1(F)F. The standard InChI is InChI=1S/C5Cl3F6NO/c6-1(16)15-4(11,12)2(7,9)3(8,10)5(15,13)14. The Balaban J connectivity index is 3.51. The molecule has 11 heteroatoms. The number of alkyl halides is 8. The average molecular weight is 310 g/mol. The van der Waals surface area contributed by atoms with Gasteiger partial charge in [-0.15, -0.1) is 0 Å². The van der Waals surface area contributed by atoms with Crippen LogP contribution in [0.5, 0.6) is 0 Å². The van der Waals surface area contributed by atoms with Crippen molar-refractivity contribution in [1.29, 1.82) is 0 Å². The molecule has 0 aromatic rings. The van der Waals surface area contributed by atoms with E-state index in [1.807, 2.05) is 0 Å². The highest BCUT2D eigenvalue weighted by molar-refractivity contribution is 6.63. The molecule has 1 aliphatic heterocycles. The number of hydrogen-bond acceptors (Lipinski definition) is 1. The molecule has 0 radical (unpaired) electrons. The zero-order chi connectivity index (χ0) is 13.2. The molecule has 1 aliphatic rings. The third-order valence-corrected chi connectivity index (χ3v) is 3.13. The quantitative estimate of drug-likeness (QED) is 0.289. The first kappa shape index (κ1) is 14.0. The summed E-state index contributed by atoms with van der Waals surface area (Å²) in [6, 6.07) is -10.8. The highest BCUT2D eigenvalue weighted by Gasteiger charge is 2.90. The highest BCUT2D eigenvalue weighted by Crippen LogP contribution is 2.65. The summed E-state index contributed by atoms with van der Waals surface area (Å²) in [5.41, 5.74) is 0. The summed E-state index contributed by atoms with van der Waals surface area (Å²) in [6.45, 7) is 0. The van der Waals surface area contributed by atoms with Gasteiger partial charge in [-0.25, -0.2) is 8.78 Å². The Morgan fingerprint density at radius 3 is 1.25 bits per heavy atom. The Kier molecular flexibility index (Phi) is 2.82. The molecule has 0 bridgehead atoms. The van der Waals surface area contributed by atoms with Crippen molar-refractivity contribution in [3.05, 3.63) is 0 Å². The Morgan fingerprint density at radius 2 is 1.12 bits per heavy atom. The van der Waals surface area contributed by atoms with Crippen LogP contribution in [0.15, 0.2) is 0 Å². The molecule has 94 valence electrons. The van der Waals surface area contributed by atoms with E-state index in [1.54, 1.807) is 0 Å². The van der Waals surface area contributed by atoms with Gasteiger partial charge in [0.15, 0.2) is 0 Å². The molecule has 1 rings (SSSR count). The Morgan fingerprint density at radius 1 is 0.875 bits per heavy atom. The van der Waals surface area contributed by atoms with Crippen LogP contribution in [0.4, 0.5) is 31.1 Å². The number of carbonyl (C=O) groups excluding carboxylic acids is 1. The molecule has 0 spiro atoms. The molecule has 0 aliphatic carbocycles. The van der Waals surface area contributed by atoms with Gasteiger partial charge in [0.25, 0.3) is 0 Å². The van der Waals surface area contributed by atoms with Gasteiger partial charge in [-0.3, -0.25) is 4.79 Å². The third kappa shape index (κ3) is 1.26. The maximum Gasteiger partial charge on any atom is 0.386 e. The fourth-order valence-electron chi connectivity index (χ4n) is 1.06. The molecule has 1 amide bonds. The molecule has 0 aromatic carbocycles. The summed E-state index contributed by atoms with van der Waals surface area (Å²) in [7, 11) is 0. The predicted molar refractivity (Wildman–Crippen MR) is 42.4 cm³/mol. The van der Waals surface area contributed by atoms with Crippen LogP contribution in [0.25, 0.3) is 0 Å². The topological polar surface area (TPSA) is 20.3 Å². The Hall–Kier alpha value is -0.0800. The van der Waals surface area contributed by atoms with Gasteiger partial charge in [0.2, 0.25) is 0 Å². The average Bonchev–Trinajstić information content (AvgIpc) is 2.05. The number of carbonyl (C=O) groups is 1. The van der Waals surface area contributed by atoms with Crippen LogP contribution in [0.3, 0.4) is 0 Å². The summed E-state index contributed by atoms with van der Waals surface area (Å²) < 4.78 is 77.8. The second-order valence-electron chi connectivity index (χ2n) is 2.82. The molecule has 1 heterocycles. The number of hydrogen-bond donors (Lipinski definition) is 0. The first-order valence-corrected chi connectivity index (χ1v) is 4.46. The van der Waals surface area contributed by atoms with Crippen LogP contribution in [-0.2, 0) is 0 Å². The summed E-state index contributed by atoms with van der Waals surface area (Å²) >= 11 is 13.0. The van der Waals surface area contributed by atoms with Crippen LogP contribution in [0.2, 0.25) is 0 Å².